The van der Waals surface area contributed by atoms with Crippen LogP contribution in [0.5, 0.6) is 0 Å². The van der Waals surface area contributed by atoms with Crippen LogP contribution in [-0.2, 0) is 0 Å². The number of aliphatic hydroxyl groups is 1. The van der Waals surface area contributed by atoms with E-state index in [1.54, 1.807) is 0 Å². The molecule has 0 heterocycles. The third-order valence-corrected chi connectivity index (χ3v) is 2.89. The van der Waals surface area contributed by atoms with Crippen molar-refractivity contribution in [2.75, 3.05) is 0 Å². The molecule has 0 spiro atoms. The van der Waals surface area contributed by atoms with E-state index in [9.17, 15) is 5.11 Å². The first-order chi connectivity index (χ1) is 5.50. The maximum atomic E-state index is 9.72. The topological polar surface area (TPSA) is 46.2 Å². The molecule has 0 aromatic heterocycles. The fourth-order valence-corrected chi connectivity index (χ4v) is 1.87. The van der Waals surface area contributed by atoms with Gasteiger partial charge in [0, 0.05) is 5.54 Å². The van der Waals surface area contributed by atoms with Gasteiger partial charge in [0.25, 0.3) is 0 Å². The van der Waals surface area contributed by atoms with Gasteiger partial charge in [-0.2, -0.15) is 0 Å². The van der Waals surface area contributed by atoms with Crippen molar-refractivity contribution >= 4 is 0 Å². The zero-order valence-corrected chi connectivity index (χ0v) is 8.21. The van der Waals surface area contributed by atoms with Gasteiger partial charge in [0.05, 0.1) is 6.10 Å². The standard InChI is InChI=1S/C10H21NO/c1-10(2,11)9(12)7-8-5-3-4-6-8/h8-9,12H,3-7,11H2,1-2H3. The van der Waals surface area contributed by atoms with E-state index in [1.807, 2.05) is 13.8 Å². The summed E-state index contributed by atoms with van der Waals surface area (Å²) in [5.41, 5.74) is 5.38. The molecule has 1 fully saturated rings. The van der Waals surface area contributed by atoms with Crippen LogP contribution in [0.1, 0.15) is 46.0 Å². The van der Waals surface area contributed by atoms with Crippen LogP contribution in [0.2, 0.25) is 0 Å². The van der Waals surface area contributed by atoms with Crippen LogP contribution >= 0.6 is 0 Å². The minimum absolute atomic E-state index is 0.333. The summed E-state index contributed by atoms with van der Waals surface area (Å²) in [4.78, 5) is 0. The molecule has 2 nitrogen and oxygen atoms in total. The molecule has 1 saturated carbocycles. The Balaban J connectivity index is 2.30. The van der Waals surface area contributed by atoms with E-state index in [4.69, 9.17) is 5.73 Å². The Kier molecular flexibility index (Phi) is 3.13. The van der Waals surface area contributed by atoms with Gasteiger partial charge in [0.1, 0.15) is 0 Å². The molecule has 1 aliphatic rings. The van der Waals surface area contributed by atoms with E-state index in [1.165, 1.54) is 25.7 Å². The van der Waals surface area contributed by atoms with Crippen molar-refractivity contribution in [2.45, 2.75) is 57.6 Å². The predicted octanol–water partition coefficient (Wildman–Crippen LogP) is 1.66. The molecule has 0 bridgehead atoms. The van der Waals surface area contributed by atoms with Crippen LogP contribution in [0.25, 0.3) is 0 Å². The molecule has 1 atom stereocenters. The Morgan fingerprint density at radius 2 is 1.92 bits per heavy atom. The number of rotatable bonds is 3. The molecule has 12 heavy (non-hydrogen) atoms. The molecule has 3 N–H and O–H groups in total. The summed E-state index contributed by atoms with van der Waals surface area (Å²) >= 11 is 0. The van der Waals surface area contributed by atoms with Crippen molar-refractivity contribution in [2.24, 2.45) is 11.7 Å². The molecule has 1 rings (SSSR count). The van der Waals surface area contributed by atoms with Gasteiger partial charge < -0.3 is 10.8 Å². The quantitative estimate of drug-likeness (QED) is 0.678. The third-order valence-electron chi connectivity index (χ3n) is 2.89. The van der Waals surface area contributed by atoms with Crippen LogP contribution < -0.4 is 5.73 Å². The lowest BCUT2D eigenvalue weighted by molar-refractivity contribution is 0.0791. The van der Waals surface area contributed by atoms with E-state index in [-0.39, 0.29) is 6.10 Å². The highest BCUT2D eigenvalue weighted by Gasteiger charge is 2.27. The zero-order chi connectivity index (χ0) is 9.19. The van der Waals surface area contributed by atoms with Crippen LogP contribution in [0, 0.1) is 5.92 Å². The molecule has 0 radical (unpaired) electrons. The highest BCUT2D eigenvalue weighted by atomic mass is 16.3. The van der Waals surface area contributed by atoms with Crippen molar-refractivity contribution in [1.82, 2.24) is 0 Å². The molecule has 0 aromatic carbocycles. The summed E-state index contributed by atoms with van der Waals surface area (Å²) in [6, 6.07) is 0. The van der Waals surface area contributed by atoms with Gasteiger partial charge in [0.15, 0.2) is 0 Å². The van der Waals surface area contributed by atoms with Crippen molar-refractivity contribution in [3.05, 3.63) is 0 Å². The van der Waals surface area contributed by atoms with E-state index in [0.29, 0.717) is 0 Å². The molecule has 72 valence electrons. The summed E-state index contributed by atoms with van der Waals surface area (Å²) < 4.78 is 0. The average Bonchev–Trinajstić information content (AvgIpc) is 2.37. The molecule has 1 aliphatic carbocycles. The fraction of sp³-hybridized carbons (Fsp3) is 1.00. The molecule has 0 aliphatic heterocycles. The predicted molar refractivity (Wildman–Crippen MR) is 50.8 cm³/mol. The van der Waals surface area contributed by atoms with Crippen molar-refractivity contribution in [1.29, 1.82) is 0 Å². The maximum Gasteiger partial charge on any atom is 0.0716 e. The summed E-state index contributed by atoms with van der Waals surface area (Å²) in [6.45, 7) is 3.79. The highest BCUT2D eigenvalue weighted by molar-refractivity contribution is 4.84. The first-order valence-electron chi connectivity index (χ1n) is 4.97. The SMILES string of the molecule is CC(C)(N)C(O)CC1CCCC1. The van der Waals surface area contributed by atoms with Gasteiger partial charge in [0.2, 0.25) is 0 Å². The maximum absolute atomic E-state index is 9.72. The second kappa shape index (κ2) is 3.75. The van der Waals surface area contributed by atoms with Gasteiger partial charge >= 0.3 is 0 Å². The largest absolute Gasteiger partial charge is 0.391 e. The van der Waals surface area contributed by atoms with Crippen molar-refractivity contribution < 1.29 is 5.11 Å². The lowest BCUT2D eigenvalue weighted by Crippen LogP contribution is -2.45. The van der Waals surface area contributed by atoms with Crippen molar-refractivity contribution in [3.8, 4) is 0 Å². The molecule has 2 heteroatoms. The van der Waals surface area contributed by atoms with E-state index < -0.39 is 5.54 Å². The van der Waals surface area contributed by atoms with E-state index in [2.05, 4.69) is 0 Å². The molecular weight excluding hydrogens is 150 g/mol. The van der Waals surface area contributed by atoms with E-state index >= 15 is 0 Å². The summed E-state index contributed by atoms with van der Waals surface area (Å²) in [5.74, 6) is 0.725. The van der Waals surface area contributed by atoms with E-state index in [0.717, 1.165) is 12.3 Å². The smallest absolute Gasteiger partial charge is 0.0716 e. The number of hydrogen-bond donors (Lipinski definition) is 2. The molecule has 0 saturated heterocycles. The average molecular weight is 171 g/mol. The molecule has 1 unspecified atom stereocenters. The lowest BCUT2D eigenvalue weighted by atomic mass is 9.89. The summed E-state index contributed by atoms with van der Waals surface area (Å²) in [7, 11) is 0. The number of aliphatic hydroxyl groups excluding tert-OH is 1. The Morgan fingerprint density at radius 1 is 1.42 bits per heavy atom. The first kappa shape index (κ1) is 10.0. The fourth-order valence-electron chi connectivity index (χ4n) is 1.87. The molecule has 0 aromatic rings. The van der Waals surface area contributed by atoms with Crippen LogP contribution in [0.3, 0.4) is 0 Å². The summed E-state index contributed by atoms with van der Waals surface area (Å²) in [5, 5.41) is 9.72. The number of hydrogen-bond acceptors (Lipinski definition) is 2. The molecule has 0 amide bonds. The van der Waals surface area contributed by atoms with Gasteiger partial charge in [-0.25, -0.2) is 0 Å². The van der Waals surface area contributed by atoms with Gasteiger partial charge in [-0.05, 0) is 26.2 Å². The first-order valence-corrected chi connectivity index (χ1v) is 4.97. The number of nitrogens with two attached hydrogens (primary N) is 1. The van der Waals surface area contributed by atoms with Crippen LogP contribution in [0.15, 0.2) is 0 Å². The lowest BCUT2D eigenvalue weighted by Gasteiger charge is -2.27. The Hall–Kier alpha value is -0.0800. The second-order valence-electron chi connectivity index (χ2n) is 4.72. The normalized spacial score (nSPS) is 23.0. The molecular formula is C10H21NO. The van der Waals surface area contributed by atoms with Crippen molar-refractivity contribution in [3.63, 3.8) is 0 Å². The summed E-state index contributed by atoms with van der Waals surface area (Å²) in [6.07, 6.45) is 5.80. The highest BCUT2D eigenvalue weighted by Crippen LogP contribution is 2.30. The van der Waals surface area contributed by atoms with Crippen LogP contribution in [0.4, 0.5) is 0 Å². The minimum atomic E-state index is -0.428. The zero-order valence-electron chi connectivity index (χ0n) is 8.21. The minimum Gasteiger partial charge on any atom is -0.391 e. The van der Waals surface area contributed by atoms with Gasteiger partial charge in [-0.1, -0.05) is 25.7 Å². The Morgan fingerprint density at radius 3 is 2.33 bits per heavy atom. The second-order valence-corrected chi connectivity index (χ2v) is 4.72. The van der Waals surface area contributed by atoms with Gasteiger partial charge in [-0.15, -0.1) is 0 Å². The monoisotopic (exact) mass is 171 g/mol. The van der Waals surface area contributed by atoms with Crippen LogP contribution in [-0.4, -0.2) is 16.7 Å². The third kappa shape index (κ3) is 2.76. The Bertz CT molecular complexity index is 133. The Labute approximate surface area is 75.2 Å². The van der Waals surface area contributed by atoms with Gasteiger partial charge in [-0.3, -0.25) is 0 Å².